The van der Waals surface area contributed by atoms with Gasteiger partial charge in [0, 0.05) is 24.9 Å². The molecule has 2 rings (SSSR count). The number of nitrogens with zero attached hydrogens (tertiary/aromatic N) is 2. The topological polar surface area (TPSA) is 56.1 Å². The third kappa shape index (κ3) is 3.93. The molecule has 2 aromatic rings. The normalized spacial score (nSPS) is 10.8. The van der Waals surface area contributed by atoms with Gasteiger partial charge in [0.05, 0.1) is 12.7 Å². The molecule has 1 amide bonds. The fourth-order valence-electron chi connectivity index (χ4n) is 1.69. The van der Waals surface area contributed by atoms with Crippen molar-refractivity contribution in [2.75, 3.05) is 5.32 Å². The number of aryl methyl sites for hydroxylation is 1. The number of ether oxygens (including phenoxy) is 1. The van der Waals surface area contributed by atoms with E-state index < -0.39 is 0 Å². The molecule has 0 radical (unpaired) electrons. The van der Waals surface area contributed by atoms with Crippen molar-refractivity contribution in [2.24, 2.45) is 7.05 Å². The highest BCUT2D eigenvalue weighted by atomic mass is 16.5. The van der Waals surface area contributed by atoms with Crippen LogP contribution in [-0.2, 0) is 18.4 Å². The molecule has 106 valence electrons. The summed E-state index contributed by atoms with van der Waals surface area (Å²) in [6, 6.07) is 9.13. The van der Waals surface area contributed by atoms with Crippen LogP contribution in [0.2, 0.25) is 0 Å². The molecule has 5 nitrogen and oxygen atoms in total. The molecule has 0 aliphatic rings. The fourth-order valence-corrected chi connectivity index (χ4v) is 1.69. The Morgan fingerprint density at radius 3 is 2.55 bits per heavy atom. The lowest BCUT2D eigenvalue weighted by Gasteiger charge is -2.08. The Morgan fingerprint density at radius 2 is 2.00 bits per heavy atom. The average Bonchev–Trinajstić information content (AvgIpc) is 2.82. The zero-order chi connectivity index (χ0) is 14.5. The Bertz CT molecular complexity index is 573. The van der Waals surface area contributed by atoms with Crippen LogP contribution < -0.4 is 5.32 Å². The second-order valence-corrected chi connectivity index (χ2v) is 4.89. The summed E-state index contributed by atoms with van der Waals surface area (Å²) in [5, 5.41) is 6.85. The third-order valence-corrected chi connectivity index (χ3v) is 2.75. The third-order valence-electron chi connectivity index (χ3n) is 2.75. The van der Waals surface area contributed by atoms with Crippen LogP contribution in [0.4, 0.5) is 5.82 Å². The lowest BCUT2D eigenvalue weighted by molar-refractivity contribution is 0.0657. The highest BCUT2D eigenvalue weighted by molar-refractivity contribution is 6.03. The van der Waals surface area contributed by atoms with Crippen LogP contribution in [0.3, 0.4) is 0 Å². The minimum absolute atomic E-state index is 0.167. The monoisotopic (exact) mass is 273 g/mol. The number of rotatable bonds is 5. The van der Waals surface area contributed by atoms with Gasteiger partial charge in [-0.05, 0) is 31.5 Å². The Balaban J connectivity index is 1.96. The maximum Gasteiger partial charge on any atom is 0.256 e. The van der Waals surface area contributed by atoms with Crippen molar-refractivity contribution < 1.29 is 9.53 Å². The number of benzene rings is 1. The van der Waals surface area contributed by atoms with Gasteiger partial charge < -0.3 is 10.1 Å². The van der Waals surface area contributed by atoms with E-state index in [1.807, 2.05) is 26.0 Å². The lowest BCUT2D eigenvalue weighted by Crippen LogP contribution is -2.12. The Labute approximate surface area is 118 Å². The van der Waals surface area contributed by atoms with Gasteiger partial charge in [-0.2, -0.15) is 5.10 Å². The molecular formula is C15H19N3O2. The Hall–Kier alpha value is -2.14. The van der Waals surface area contributed by atoms with E-state index in [4.69, 9.17) is 4.74 Å². The Morgan fingerprint density at radius 1 is 1.30 bits per heavy atom. The quantitative estimate of drug-likeness (QED) is 0.911. The van der Waals surface area contributed by atoms with Gasteiger partial charge >= 0.3 is 0 Å². The molecule has 1 aromatic carbocycles. The van der Waals surface area contributed by atoms with Gasteiger partial charge in [-0.25, -0.2) is 0 Å². The largest absolute Gasteiger partial charge is 0.374 e. The van der Waals surface area contributed by atoms with Crippen molar-refractivity contribution in [2.45, 2.75) is 26.6 Å². The standard InChI is InChI=1S/C15H19N3O2/c1-11(2)20-10-12-4-6-13(7-5-12)15(19)16-14-8-9-18(3)17-14/h4-9,11H,10H2,1-3H3,(H,16,17,19). The van der Waals surface area contributed by atoms with E-state index in [1.54, 1.807) is 36.1 Å². The van der Waals surface area contributed by atoms with E-state index in [0.717, 1.165) is 5.56 Å². The molecule has 1 N–H and O–H groups in total. The SMILES string of the molecule is CC(C)OCc1ccc(C(=O)Nc2ccn(C)n2)cc1. The maximum atomic E-state index is 12.0. The van der Waals surface area contributed by atoms with Crippen molar-refractivity contribution in [3.05, 3.63) is 47.7 Å². The second-order valence-electron chi connectivity index (χ2n) is 4.89. The molecule has 0 atom stereocenters. The first-order valence-electron chi connectivity index (χ1n) is 6.56. The summed E-state index contributed by atoms with van der Waals surface area (Å²) in [6.07, 6.45) is 1.98. The molecule has 0 unspecified atom stereocenters. The molecular weight excluding hydrogens is 254 g/mol. The average molecular weight is 273 g/mol. The second kappa shape index (κ2) is 6.34. The van der Waals surface area contributed by atoms with E-state index >= 15 is 0 Å². The summed E-state index contributed by atoms with van der Waals surface area (Å²) in [6.45, 7) is 4.54. The van der Waals surface area contributed by atoms with Crippen LogP contribution in [0, 0.1) is 0 Å². The minimum Gasteiger partial charge on any atom is -0.374 e. The first-order chi connectivity index (χ1) is 9.54. The maximum absolute atomic E-state index is 12.0. The number of aromatic nitrogens is 2. The van der Waals surface area contributed by atoms with E-state index in [0.29, 0.717) is 18.0 Å². The van der Waals surface area contributed by atoms with Crippen LogP contribution in [0.1, 0.15) is 29.8 Å². The number of nitrogens with one attached hydrogen (secondary N) is 1. The van der Waals surface area contributed by atoms with Crippen molar-refractivity contribution in [3.8, 4) is 0 Å². The van der Waals surface area contributed by atoms with Crippen molar-refractivity contribution in [1.29, 1.82) is 0 Å². The highest BCUT2D eigenvalue weighted by Crippen LogP contribution is 2.09. The summed E-state index contributed by atoms with van der Waals surface area (Å²) in [7, 11) is 1.80. The number of anilines is 1. The van der Waals surface area contributed by atoms with Gasteiger partial charge in [0.25, 0.3) is 5.91 Å². The zero-order valence-corrected chi connectivity index (χ0v) is 12.0. The molecule has 5 heteroatoms. The zero-order valence-electron chi connectivity index (χ0n) is 12.0. The van der Waals surface area contributed by atoms with Crippen LogP contribution in [0.15, 0.2) is 36.5 Å². The molecule has 1 aromatic heterocycles. The van der Waals surface area contributed by atoms with Gasteiger partial charge in [-0.15, -0.1) is 0 Å². The van der Waals surface area contributed by atoms with Crippen LogP contribution >= 0.6 is 0 Å². The summed E-state index contributed by atoms with van der Waals surface area (Å²) < 4.78 is 7.15. The number of hydrogen-bond acceptors (Lipinski definition) is 3. The van der Waals surface area contributed by atoms with Crippen LogP contribution in [0.25, 0.3) is 0 Å². The predicted octanol–water partition coefficient (Wildman–Crippen LogP) is 2.60. The summed E-state index contributed by atoms with van der Waals surface area (Å²) in [5.74, 6) is 0.379. The molecule has 0 aliphatic heterocycles. The van der Waals surface area contributed by atoms with Gasteiger partial charge in [-0.3, -0.25) is 9.48 Å². The van der Waals surface area contributed by atoms with E-state index in [1.165, 1.54) is 0 Å². The predicted molar refractivity (Wildman–Crippen MR) is 77.5 cm³/mol. The van der Waals surface area contributed by atoms with Gasteiger partial charge in [-0.1, -0.05) is 12.1 Å². The first kappa shape index (κ1) is 14.3. The molecule has 0 saturated heterocycles. The van der Waals surface area contributed by atoms with E-state index in [2.05, 4.69) is 10.4 Å². The van der Waals surface area contributed by atoms with Crippen molar-refractivity contribution in [1.82, 2.24) is 9.78 Å². The molecule has 0 saturated carbocycles. The summed E-state index contributed by atoms with van der Waals surface area (Å²) in [4.78, 5) is 12.0. The summed E-state index contributed by atoms with van der Waals surface area (Å²) >= 11 is 0. The molecule has 0 fully saturated rings. The van der Waals surface area contributed by atoms with Crippen molar-refractivity contribution >= 4 is 11.7 Å². The number of carbonyl (C=O) groups excluding carboxylic acids is 1. The van der Waals surface area contributed by atoms with Crippen molar-refractivity contribution in [3.63, 3.8) is 0 Å². The molecule has 20 heavy (non-hydrogen) atoms. The number of carbonyl (C=O) groups is 1. The van der Waals surface area contributed by atoms with E-state index in [-0.39, 0.29) is 12.0 Å². The smallest absolute Gasteiger partial charge is 0.256 e. The Kier molecular flexibility index (Phi) is 4.53. The van der Waals surface area contributed by atoms with E-state index in [9.17, 15) is 4.79 Å². The minimum atomic E-state index is -0.167. The number of hydrogen-bond donors (Lipinski definition) is 1. The number of amides is 1. The molecule has 1 heterocycles. The molecule has 0 spiro atoms. The fraction of sp³-hybridized carbons (Fsp3) is 0.333. The van der Waals surface area contributed by atoms with Gasteiger partial charge in [0.2, 0.25) is 0 Å². The van der Waals surface area contributed by atoms with Crippen LogP contribution in [-0.4, -0.2) is 21.8 Å². The van der Waals surface area contributed by atoms with Gasteiger partial charge in [0.1, 0.15) is 0 Å². The first-order valence-corrected chi connectivity index (χ1v) is 6.56. The van der Waals surface area contributed by atoms with Crippen LogP contribution in [0.5, 0.6) is 0 Å². The molecule has 0 aliphatic carbocycles. The van der Waals surface area contributed by atoms with Gasteiger partial charge in [0.15, 0.2) is 5.82 Å². The lowest BCUT2D eigenvalue weighted by atomic mass is 10.1. The highest BCUT2D eigenvalue weighted by Gasteiger charge is 2.07. The summed E-state index contributed by atoms with van der Waals surface area (Å²) in [5.41, 5.74) is 1.65. The molecule has 0 bridgehead atoms.